The van der Waals surface area contributed by atoms with Gasteiger partial charge in [0.25, 0.3) is 0 Å². The summed E-state index contributed by atoms with van der Waals surface area (Å²) in [5.41, 5.74) is 8.82. The molecule has 0 saturated carbocycles. The van der Waals surface area contributed by atoms with Gasteiger partial charge >= 0.3 is 0 Å². The zero-order valence-electron chi connectivity index (χ0n) is 13.7. The molecule has 1 aliphatic heterocycles. The molecule has 0 spiro atoms. The Balaban J connectivity index is 1.75. The summed E-state index contributed by atoms with van der Waals surface area (Å²) in [6, 6.07) is 15.1. The smallest absolute Gasteiger partial charge is 0.248 e. The number of carbonyl (C=O) groups is 2. The maximum Gasteiger partial charge on any atom is 0.248 e. The molecule has 5 heteroatoms. The largest absolute Gasteiger partial charge is 0.366 e. The van der Waals surface area contributed by atoms with Crippen LogP contribution in [0.3, 0.4) is 0 Å². The molecule has 5 nitrogen and oxygen atoms in total. The van der Waals surface area contributed by atoms with Crippen LogP contribution in [0.2, 0.25) is 0 Å². The molecule has 3 N–H and O–H groups in total. The van der Waals surface area contributed by atoms with Crippen LogP contribution in [0.15, 0.2) is 48.5 Å². The lowest BCUT2D eigenvalue weighted by molar-refractivity contribution is -0.121. The Kier molecular flexibility index (Phi) is 4.62. The summed E-state index contributed by atoms with van der Waals surface area (Å²) in [7, 11) is 2.04. The van der Waals surface area contributed by atoms with Crippen molar-refractivity contribution in [3.8, 4) is 0 Å². The van der Waals surface area contributed by atoms with Gasteiger partial charge in [0.05, 0.1) is 12.5 Å². The molecule has 0 aromatic heterocycles. The molecular weight excluding hydrogens is 302 g/mol. The van der Waals surface area contributed by atoms with Crippen molar-refractivity contribution in [2.45, 2.75) is 19.0 Å². The highest BCUT2D eigenvalue weighted by atomic mass is 16.2. The minimum atomic E-state index is -0.513. The van der Waals surface area contributed by atoms with Gasteiger partial charge in [0.1, 0.15) is 0 Å². The molecule has 0 fully saturated rings. The Bertz CT molecular complexity index is 773. The molecule has 3 rings (SSSR count). The van der Waals surface area contributed by atoms with Gasteiger partial charge in [0, 0.05) is 18.7 Å². The summed E-state index contributed by atoms with van der Waals surface area (Å²) in [5.74, 6) is -0.625. The maximum atomic E-state index is 12.5. The number of nitrogens with two attached hydrogens (primary N) is 1. The number of rotatable bonds is 4. The minimum Gasteiger partial charge on any atom is -0.366 e. The van der Waals surface area contributed by atoms with E-state index in [2.05, 4.69) is 22.3 Å². The van der Waals surface area contributed by atoms with Crippen LogP contribution in [0, 0.1) is 0 Å². The Morgan fingerprint density at radius 3 is 2.67 bits per heavy atom. The van der Waals surface area contributed by atoms with Gasteiger partial charge < -0.3 is 11.1 Å². The fourth-order valence-electron chi connectivity index (χ4n) is 3.24. The Labute approximate surface area is 141 Å². The minimum absolute atomic E-state index is 0.0480. The average Bonchev–Trinajstić information content (AvgIpc) is 2.55. The third-order valence-corrected chi connectivity index (χ3v) is 4.33. The van der Waals surface area contributed by atoms with Crippen molar-refractivity contribution in [2.75, 3.05) is 13.6 Å². The number of carbonyl (C=O) groups excluding carboxylic acids is 2. The summed E-state index contributed by atoms with van der Waals surface area (Å²) < 4.78 is 0. The van der Waals surface area contributed by atoms with Crippen molar-refractivity contribution in [2.24, 2.45) is 5.73 Å². The van der Waals surface area contributed by atoms with Crippen molar-refractivity contribution in [3.05, 3.63) is 70.8 Å². The van der Waals surface area contributed by atoms with Crippen LogP contribution >= 0.6 is 0 Å². The summed E-state index contributed by atoms with van der Waals surface area (Å²) in [6.45, 7) is 1.65. The molecule has 1 heterocycles. The lowest BCUT2D eigenvalue weighted by Gasteiger charge is -2.32. The van der Waals surface area contributed by atoms with Crippen molar-refractivity contribution in [1.82, 2.24) is 10.2 Å². The first-order valence-corrected chi connectivity index (χ1v) is 7.98. The molecule has 1 aliphatic rings. The zero-order chi connectivity index (χ0) is 17.1. The third-order valence-electron chi connectivity index (χ3n) is 4.33. The monoisotopic (exact) mass is 323 g/mol. The first kappa shape index (κ1) is 16.2. The number of hydrogen-bond donors (Lipinski definition) is 2. The van der Waals surface area contributed by atoms with Crippen LogP contribution in [0.25, 0.3) is 0 Å². The van der Waals surface area contributed by atoms with Gasteiger partial charge in [-0.1, -0.05) is 42.5 Å². The van der Waals surface area contributed by atoms with Crippen molar-refractivity contribution in [1.29, 1.82) is 0 Å². The predicted octanol–water partition coefficient (Wildman–Crippen LogP) is 1.63. The van der Waals surface area contributed by atoms with Crippen molar-refractivity contribution < 1.29 is 9.59 Å². The van der Waals surface area contributed by atoms with E-state index < -0.39 is 5.91 Å². The van der Waals surface area contributed by atoms with Gasteiger partial charge in [-0.25, -0.2) is 0 Å². The standard InChI is InChI=1S/C19H21N3O2/c1-22-11-14-7-3-4-8-15(14)17(12-22)21-18(23)10-13-6-2-5-9-16(13)19(20)24/h2-9,17H,10-12H2,1H3,(H2,20,24)(H,21,23). The van der Waals surface area contributed by atoms with Crippen molar-refractivity contribution in [3.63, 3.8) is 0 Å². The van der Waals surface area contributed by atoms with Gasteiger partial charge in [0.2, 0.25) is 11.8 Å². The van der Waals surface area contributed by atoms with Gasteiger partial charge in [0.15, 0.2) is 0 Å². The summed E-state index contributed by atoms with van der Waals surface area (Å²) in [6.07, 6.45) is 0.140. The van der Waals surface area contributed by atoms with Gasteiger partial charge in [-0.3, -0.25) is 14.5 Å². The van der Waals surface area contributed by atoms with E-state index in [1.165, 1.54) is 5.56 Å². The van der Waals surface area contributed by atoms with Gasteiger partial charge in [-0.15, -0.1) is 0 Å². The number of amides is 2. The van der Waals surface area contributed by atoms with E-state index in [-0.39, 0.29) is 18.4 Å². The molecule has 2 aromatic carbocycles. The van der Waals surface area contributed by atoms with E-state index in [0.29, 0.717) is 11.1 Å². The molecule has 0 aliphatic carbocycles. The topological polar surface area (TPSA) is 75.4 Å². The second-order valence-electron chi connectivity index (χ2n) is 6.21. The number of likely N-dealkylation sites (N-methyl/N-ethyl adjacent to an activating group) is 1. The van der Waals surface area contributed by atoms with E-state index in [9.17, 15) is 9.59 Å². The lowest BCUT2D eigenvalue weighted by atomic mass is 9.95. The number of primary amides is 1. The Hall–Kier alpha value is -2.66. The molecule has 0 bridgehead atoms. The van der Waals surface area contributed by atoms with Crippen LogP contribution in [0.1, 0.15) is 33.1 Å². The molecule has 0 radical (unpaired) electrons. The highest BCUT2D eigenvalue weighted by Gasteiger charge is 2.24. The second-order valence-corrected chi connectivity index (χ2v) is 6.21. The van der Waals surface area contributed by atoms with Gasteiger partial charge in [-0.05, 0) is 29.8 Å². The zero-order valence-corrected chi connectivity index (χ0v) is 13.7. The van der Waals surface area contributed by atoms with Crippen LogP contribution < -0.4 is 11.1 Å². The van der Waals surface area contributed by atoms with E-state index in [0.717, 1.165) is 18.7 Å². The van der Waals surface area contributed by atoms with Crippen LogP contribution in [-0.4, -0.2) is 30.3 Å². The van der Waals surface area contributed by atoms with E-state index in [1.54, 1.807) is 24.3 Å². The fourth-order valence-corrected chi connectivity index (χ4v) is 3.24. The maximum absolute atomic E-state index is 12.5. The normalized spacial score (nSPS) is 17.1. The number of fused-ring (bicyclic) bond motifs is 1. The van der Waals surface area contributed by atoms with Gasteiger partial charge in [-0.2, -0.15) is 0 Å². The quantitative estimate of drug-likeness (QED) is 0.898. The van der Waals surface area contributed by atoms with E-state index >= 15 is 0 Å². The summed E-state index contributed by atoms with van der Waals surface area (Å²) in [4.78, 5) is 26.2. The predicted molar refractivity (Wildman–Crippen MR) is 92.3 cm³/mol. The number of hydrogen-bond acceptors (Lipinski definition) is 3. The second kappa shape index (κ2) is 6.84. The molecule has 1 atom stereocenters. The molecular formula is C19H21N3O2. The van der Waals surface area contributed by atoms with E-state index in [1.807, 2.05) is 19.2 Å². The first-order valence-electron chi connectivity index (χ1n) is 7.98. The molecule has 1 unspecified atom stereocenters. The molecule has 24 heavy (non-hydrogen) atoms. The Morgan fingerprint density at radius 2 is 1.88 bits per heavy atom. The van der Waals surface area contributed by atoms with Crippen molar-refractivity contribution >= 4 is 11.8 Å². The Morgan fingerprint density at radius 1 is 1.17 bits per heavy atom. The van der Waals surface area contributed by atoms with Crippen LogP contribution in [0.4, 0.5) is 0 Å². The lowest BCUT2D eigenvalue weighted by Crippen LogP contribution is -2.40. The van der Waals surface area contributed by atoms with Crippen LogP contribution in [-0.2, 0) is 17.8 Å². The first-order chi connectivity index (χ1) is 11.5. The number of nitrogens with one attached hydrogen (secondary N) is 1. The molecule has 2 amide bonds. The summed E-state index contributed by atoms with van der Waals surface area (Å²) >= 11 is 0. The summed E-state index contributed by atoms with van der Waals surface area (Å²) in [5, 5.41) is 3.09. The highest BCUT2D eigenvalue weighted by Crippen LogP contribution is 2.25. The highest BCUT2D eigenvalue weighted by molar-refractivity contribution is 5.95. The number of nitrogens with zero attached hydrogens (tertiary/aromatic N) is 1. The van der Waals surface area contributed by atoms with Crippen LogP contribution in [0.5, 0.6) is 0 Å². The fraction of sp³-hybridized carbons (Fsp3) is 0.263. The molecule has 124 valence electrons. The SMILES string of the molecule is CN1Cc2ccccc2C(NC(=O)Cc2ccccc2C(N)=O)C1. The molecule has 2 aromatic rings. The third kappa shape index (κ3) is 3.46. The number of benzene rings is 2. The molecule has 0 saturated heterocycles. The average molecular weight is 323 g/mol. The van der Waals surface area contributed by atoms with E-state index in [4.69, 9.17) is 5.73 Å².